The molecule has 2 aliphatic heterocycles. The summed E-state index contributed by atoms with van der Waals surface area (Å²) in [7, 11) is -8.26. The van der Waals surface area contributed by atoms with Crippen molar-refractivity contribution >= 4 is 122 Å². The SMILES string of the molecule is CCCSc1nc(NC)c2ncn([C@@H]3O[C@H](COP(O)(=S)OP(=O)(O)C(Cl)P(=O)(O)OP(=O)(S)OC[C@H]4O[C@@H](n5cnc6c(NC)nc(SCC)nc65)[C@H](O)[C@@H]4O)[C@@H](O)[C@H]3O)c2n1.[Na+].[Na+].[Na+].[Na+]. The van der Waals surface area contributed by atoms with Crippen molar-refractivity contribution in [3.63, 3.8) is 0 Å². The van der Waals surface area contributed by atoms with E-state index < -0.39 is 95.9 Å². The van der Waals surface area contributed by atoms with E-state index in [9.17, 15) is 48.8 Å². The summed E-state index contributed by atoms with van der Waals surface area (Å²) in [5.74, 6) is 2.14. The van der Waals surface area contributed by atoms with Crippen LogP contribution < -0.4 is 129 Å². The Balaban J connectivity index is 0.00000385. The molecule has 2 saturated heterocycles. The van der Waals surface area contributed by atoms with Gasteiger partial charge in [-0.3, -0.25) is 22.8 Å². The Labute approximate surface area is 495 Å². The van der Waals surface area contributed by atoms with Gasteiger partial charge in [-0.15, -0.1) is 0 Å². The molecule has 0 bridgehead atoms. The first-order valence-corrected chi connectivity index (χ1v) is 29.3. The van der Waals surface area contributed by atoms with Gasteiger partial charge in [0.25, 0.3) is 0 Å². The van der Waals surface area contributed by atoms with Crippen molar-refractivity contribution in [1.82, 2.24) is 39.0 Å². The molecule has 0 aromatic carbocycles. The summed E-state index contributed by atoms with van der Waals surface area (Å²) in [5, 5.41) is 50.0. The Bertz CT molecular complexity index is 2510. The van der Waals surface area contributed by atoms with Gasteiger partial charge in [0.05, 0.1) is 25.9 Å². The molecule has 0 spiro atoms. The first-order chi connectivity index (χ1) is 29.6. The van der Waals surface area contributed by atoms with Crippen LogP contribution in [0.2, 0.25) is 0 Å². The predicted molar refractivity (Wildman–Crippen MR) is 235 cm³/mol. The molecule has 39 heteroatoms. The smallest absolute Gasteiger partial charge is 0.387 e. The zero-order chi connectivity index (χ0) is 46.2. The monoisotopic (exact) mass is 1150 g/mol. The molecule has 6 rings (SSSR count). The number of nitrogens with one attached hydrogen (secondary N) is 2. The summed E-state index contributed by atoms with van der Waals surface area (Å²) in [5.41, 5.74) is 1.14. The molecule has 26 nitrogen and oxygen atoms in total. The van der Waals surface area contributed by atoms with Crippen LogP contribution >= 0.6 is 76.1 Å². The summed E-state index contributed by atoms with van der Waals surface area (Å²) in [4.78, 5) is 55.2. The number of halogens is 1. The third kappa shape index (κ3) is 15.7. The van der Waals surface area contributed by atoms with Gasteiger partial charge < -0.3 is 59.7 Å². The number of rotatable bonds is 21. The molecule has 0 amide bonds. The minimum absolute atomic E-state index is 0. The Kier molecular flexibility index (Phi) is 27.3. The Morgan fingerprint density at radius 3 is 1.63 bits per heavy atom. The van der Waals surface area contributed by atoms with Crippen molar-refractivity contribution in [3.05, 3.63) is 12.7 Å². The van der Waals surface area contributed by atoms with Gasteiger partial charge in [-0.25, -0.2) is 43.1 Å². The second kappa shape index (κ2) is 27.8. The van der Waals surface area contributed by atoms with Crippen molar-refractivity contribution in [2.45, 2.75) is 84.5 Å². The number of thioether (sulfide) groups is 2. The number of aliphatic hydroxyl groups excluding tert-OH is 4. The van der Waals surface area contributed by atoms with Crippen LogP contribution in [0.25, 0.3) is 22.3 Å². The zero-order valence-corrected chi connectivity index (χ0v) is 52.8. The molecule has 4 aromatic rings. The fourth-order valence-electron chi connectivity index (χ4n) is 6.10. The fourth-order valence-corrected chi connectivity index (χ4v) is 16.5. The van der Waals surface area contributed by atoms with Crippen LogP contribution in [0.4, 0.5) is 11.6 Å². The summed E-state index contributed by atoms with van der Waals surface area (Å²) >= 11 is 17.0. The van der Waals surface area contributed by atoms with Gasteiger partial charge in [0.15, 0.2) is 56.7 Å². The largest absolute Gasteiger partial charge is 1.00 e. The van der Waals surface area contributed by atoms with E-state index in [1.54, 1.807) is 14.1 Å². The standard InChI is InChI=1S/C28H43ClN10O16P4S4.4Na/c1-5-7-63-28-35-21(31-4)15-23(37-28)39(11-33-15)25-19(43)17(41)13(53-25)9-51-59(49,61)55-57(46,47)26(29)56(44,45)54-58(48,60)50-8-12-16(40)18(42)24(52-12)38-10-32-14-20(30-3)34-27(62-6-2)36-22(14)38;;;;/h10-13,16-19,24-26,40-43H,5-9H2,1-4H3,(H,44,45)(H,46,47)(H,48,60)(H,49,61)(H,30,34,36)(H,31,35,37);;;;/q;4*+1/t12-,13-,16-,17-,18-,19-,24-,25-,26?,58?,59?;;;;/m1..../s1. The van der Waals surface area contributed by atoms with Crippen molar-refractivity contribution in [3.8, 4) is 0 Å². The van der Waals surface area contributed by atoms with Crippen LogP contribution in [0, 0.1) is 0 Å². The van der Waals surface area contributed by atoms with Crippen LogP contribution in [0.5, 0.6) is 0 Å². The van der Waals surface area contributed by atoms with Crippen LogP contribution in [0.3, 0.4) is 0 Å². The van der Waals surface area contributed by atoms with Crippen molar-refractivity contribution in [2.75, 3.05) is 49.4 Å². The Morgan fingerprint density at radius 2 is 1.19 bits per heavy atom. The predicted octanol–water partition coefficient (Wildman–Crippen LogP) is -9.17. The molecule has 4 aromatic heterocycles. The van der Waals surface area contributed by atoms with Crippen LogP contribution in [0.15, 0.2) is 23.0 Å². The van der Waals surface area contributed by atoms with Gasteiger partial charge in [0.2, 0.25) is 4.86 Å². The number of alkyl halides is 1. The molecular weight excluding hydrogens is 1110 g/mol. The van der Waals surface area contributed by atoms with E-state index in [4.69, 9.17) is 41.9 Å². The maximum atomic E-state index is 13.1. The van der Waals surface area contributed by atoms with Crippen molar-refractivity contribution in [2.24, 2.45) is 0 Å². The quantitative estimate of drug-likeness (QED) is 0.00925. The summed E-state index contributed by atoms with van der Waals surface area (Å²) < 4.78 is 73.1. The third-order valence-electron chi connectivity index (χ3n) is 8.99. The maximum absolute atomic E-state index is 13.1. The van der Waals surface area contributed by atoms with Crippen molar-refractivity contribution < 1.29 is 194 Å². The summed E-state index contributed by atoms with van der Waals surface area (Å²) in [6, 6.07) is 0. The molecule has 0 aliphatic carbocycles. The minimum atomic E-state index is -5.77. The molecular formula is C28H43ClN10Na4O16P4S4+4. The van der Waals surface area contributed by atoms with Gasteiger partial charge in [-0.2, -0.15) is 0 Å². The number of ether oxygens (including phenoxy) is 2. The molecule has 5 unspecified atom stereocenters. The number of thiol groups is 1. The first-order valence-electron chi connectivity index (χ1n) is 18.4. The normalized spacial score (nSPS) is 26.7. The van der Waals surface area contributed by atoms with Gasteiger partial charge in [0, 0.05) is 19.8 Å². The van der Waals surface area contributed by atoms with E-state index in [0.29, 0.717) is 44.5 Å². The Hall–Kier alpha value is 2.86. The maximum Gasteiger partial charge on any atom is 1.00 e. The second-order valence-electron chi connectivity index (χ2n) is 13.4. The molecule has 6 heterocycles. The number of hydrogen-bond donors (Lipinski definition) is 10. The number of anilines is 2. The average molecular weight is 1160 g/mol. The molecule has 2 aliphatic rings. The minimum Gasteiger partial charge on any atom is -0.387 e. The fraction of sp³-hybridized carbons (Fsp3) is 0.643. The number of imidazole rings is 2. The molecule has 0 radical (unpaired) electrons. The second-order valence-corrected chi connectivity index (χ2v) is 26.9. The van der Waals surface area contributed by atoms with E-state index in [1.807, 2.05) is 13.8 Å². The molecule has 67 heavy (non-hydrogen) atoms. The number of aliphatic hydroxyl groups is 4. The molecule has 13 atom stereocenters. The van der Waals surface area contributed by atoms with Gasteiger partial charge >= 0.3 is 147 Å². The number of aromatic nitrogens is 8. The molecule has 352 valence electrons. The summed E-state index contributed by atoms with van der Waals surface area (Å²) in [6.45, 7) is -7.80. The Morgan fingerprint density at radius 1 is 0.761 bits per heavy atom. The molecule has 2 fully saturated rings. The zero-order valence-electron chi connectivity index (χ0n) is 37.1. The van der Waals surface area contributed by atoms with E-state index >= 15 is 0 Å². The number of fused-ring (bicyclic) bond motifs is 2. The number of hydrogen-bond acceptors (Lipinski definition) is 24. The third-order valence-corrected chi connectivity index (χ3v) is 21.5. The van der Waals surface area contributed by atoms with Gasteiger partial charge in [-0.05, 0) is 24.0 Å². The van der Waals surface area contributed by atoms with Crippen LogP contribution in [-0.4, -0.2) is 154 Å². The van der Waals surface area contributed by atoms with E-state index in [2.05, 4.69) is 61.4 Å². The van der Waals surface area contributed by atoms with Gasteiger partial charge in [-0.1, -0.05) is 61.2 Å². The molecule has 0 saturated carbocycles. The van der Waals surface area contributed by atoms with E-state index in [1.165, 1.54) is 45.3 Å². The van der Waals surface area contributed by atoms with Crippen LogP contribution in [0.1, 0.15) is 32.7 Å². The van der Waals surface area contributed by atoms with E-state index in [0.717, 1.165) is 6.42 Å². The van der Waals surface area contributed by atoms with Crippen molar-refractivity contribution in [1.29, 1.82) is 0 Å². The summed E-state index contributed by atoms with van der Waals surface area (Å²) in [6.07, 6.45) is -8.71. The van der Waals surface area contributed by atoms with Crippen LogP contribution in [-0.2, 0) is 52.6 Å². The topological polar surface area (TPSA) is 359 Å². The van der Waals surface area contributed by atoms with E-state index in [-0.39, 0.29) is 130 Å². The van der Waals surface area contributed by atoms with Gasteiger partial charge in [0.1, 0.15) is 36.6 Å². The first kappa shape index (κ1) is 66.0. The average Bonchev–Trinajstić information content (AvgIpc) is 3.98. The number of nitrogens with zero attached hydrogens (tertiary/aromatic N) is 8. The molecule has 9 N–H and O–H groups in total.